The van der Waals surface area contributed by atoms with Gasteiger partial charge >= 0.3 is 58.4 Å². The first kappa shape index (κ1) is 193. The van der Waals surface area contributed by atoms with Gasteiger partial charge in [-0.2, -0.15) is 0 Å². The third-order valence-electron chi connectivity index (χ3n) is 0. The molecule has 0 heterocycles. The monoisotopic (exact) mass is 909 g/mol. The van der Waals surface area contributed by atoms with Crippen LogP contribution in [0, 0.1) is 0 Å². The Morgan fingerprint density at radius 3 is 0.188 bits per heavy atom. The summed E-state index contributed by atoms with van der Waals surface area (Å²) in [6, 6.07) is 0. The van der Waals surface area contributed by atoms with Gasteiger partial charge in [0.15, 0.2) is 0 Å². The Morgan fingerprint density at radius 1 is 0.188 bits per heavy atom. The average Bonchev–Trinajstić information content (AvgIpc) is 0. The predicted octanol–water partition coefficient (Wildman–Crippen LogP) is 8.60. The van der Waals surface area contributed by atoms with Gasteiger partial charge in [0, 0.05) is 63.2 Å². The summed E-state index contributed by atoms with van der Waals surface area (Å²) in [5.41, 5.74) is 0. The van der Waals surface area contributed by atoms with E-state index in [-0.39, 0.29) is 221 Å². The van der Waals surface area contributed by atoms with Crippen molar-refractivity contribution in [3.63, 3.8) is 0 Å². The topological polar surface area (TPSA) is 0 Å². The molecule has 0 radical (unpaired) electrons. The van der Waals surface area contributed by atoms with Gasteiger partial charge in [-0.25, -0.2) is 0 Å². The van der Waals surface area contributed by atoms with Gasteiger partial charge in [0.05, 0.1) is 0 Å². The van der Waals surface area contributed by atoms with Gasteiger partial charge in [-0.05, 0) is 0 Å². The first-order valence-electron chi connectivity index (χ1n) is 0. The Balaban J connectivity index is 0. The van der Waals surface area contributed by atoms with Crippen molar-refractivity contribution in [1.82, 2.24) is 0 Å². The van der Waals surface area contributed by atoms with Crippen LogP contribution >= 0.6 is 99.0 Å². The van der Waals surface area contributed by atoms with Gasteiger partial charge in [-0.1, -0.05) is 0 Å². The summed E-state index contributed by atoms with van der Waals surface area (Å²) in [5.74, 6) is 0. The summed E-state index contributed by atoms with van der Waals surface area (Å²) in [4.78, 5) is 0. The van der Waals surface area contributed by atoms with Crippen LogP contribution in [0.15, 0.2) is 0 Å². The maximum Gasteiger partial charge on any atom is 4.00 e. The number of hydrogen-bond acceptors (Lipinski definition) is 0. The third kappa shape index (κ3) is 148. The van der Waals surface area contributed by atoms with Crippen molar-refractivity contribution in [3.05, 3.63) is 0 Å². The SMILES string of the molecule is [Mo].[Mo].[Mo].[P-3].[P-3].[P-3].[P-3].[P-3].[P-3].[P-3].[P-3].[P-3].[P-3].[Ru+4].[Ru+4].[Ru+4]. The minimum absolute atomic E-state index is 0. The molecule has 110 valence electrons. The minimum atomic E-state index is 0. The summed E-state index contributed by atoms with van der Waals surface area (Å²) in [6.07, 6.45) is 0. The molecule has 0 fully saturated rings. The predicted molar refractivity (Wildman–Crippen MR) is 69.2 cm³/mol. The maximum atomic E-state index is 0. The van der Waals surface area contributed by atoms with Crippen LogP contribution in [0.25, 0.3) is 0 Å². The molecule has 0 aromatic rings. The van der Waals surface area contributed by atoms with Gasteiger partial charge in [-0.15, -0.1) is 0 Å². The molecular formula is Mo3P10Ru3-18. The molecule has 0 aliphatic carbocycles. The van der Waals surface area contributed by atoms with E-state index in [1.54, 1.807) is 0 Å². The second kappa shape index (κ2) is 169. The van der Waals surface area contributed by atoms with Crippen molar-refractivity contribution >= 4 is 99.0 Å². The first-order valence-corrected chi connectivity index (χ1v) is 0. The van der Waals surface area contributed by atoms with E-state index in [2.05, 4.69) is 0 Å². The van der Waals surface area contributed by atoms with Crippen LogP contribution in [-0.2, 0) is 122 Å². The Hall–Kier alpha value is 8.24. The molecule has 0 aliphatic rings. The van der Waals surface area contributed by atoms with E-state index in [1.165, 1.54) is 0 Å². The Kier molecular flexibility index (Phi) is 2040. The Labute approximate surface area is 217 Å². The van der Waals surface area contributed by atoms with E-state index in [9.17, 15) is 0 Å². The van der Waals surface area contributed by atoms with E-state index in [0.717, 1.165) is 0 Å². The molecule has 0 atom stereocenters. The average molecular weight is 901 g/mol. The molecule has 16 heteroatoms. The second-order valence-corrected chi connectivity index (χ2v) is 0. The minimum Gasteiger partial charge on any atom is -3.00 e. The summed E-state index contributed by atoms with van der Waals surface area (Å²) < 4.78 is 0. The zero-order valence-electron chi connectivity index (χ0n) is 6.76. The smallest absolute Gasteiger partial charge is 3.00 e. The summed E-state index contributed by atoms with van der Waals surface area (Å²) >= 11 is 0. The Bertz CT molecular complexity index is 21.3. The van der Waals surface area contributed by atoms with Gasteiger partial charge in [0.25, 0.3) is 0 Å². The molecule has 0 spiro atoms. The molecule has 0 aromatic carbocycles. The van der Waals surface area contributed by atoms with E-state index < -0.39 is 0 Å². The van der Waals surface area contributed by atoms with Crippen LogP contribution in [0.5, 0.6) is 0 Å². The van der Waals surface area contributed by atoms with E-state index in [0.29, 0.717) is 0 Å². The molecule has 0 unspecified atom stereocenters. The zero-order chi connectivity index (χ0) is 0. The van der Waals surface area contributed by atoms with Crippen molar-refractivity contribution in [2.24, 2.45) is 0 Å². The maximum absolute atomic E-state index is 0. The fraction of sp³-hybridized carbons (Fsp3) is 0. The van der Waals surface area contributed by atoms with Gasteiger partial charge < -0.3 is 99.0 Å². The largest absolute Gasteiger partial charge is 4.00 e. The van der Waals surface area contributed by atoms with Crippen molar-refractivity contribution in [2.75, 3.05) is 0 Å². The summed E-state index contributed by atoms with van der Waals surface area (Å²) in [5, 5.41) is 0. The summed E-state index contributed by atoms with van der Waals surface area (Å²) in [7, 11) is 0. The molecule has 0 amide bonds. The number of rotatable bonds is 0. The molecule has 0 saturated carbocycles. The van der Waals surface area contributed by atoms with E-state index in [4.69, 9.17) is 0 Å². The van der Waals surface area contributed by atoms with E-state index in [1.807, 2.05) is 0 Å². The van der Waals surface area contributed by atoms with E-state index >= 15 is 0 Å². The third-order valence-corrected chi connectivity index (χ3v) is 0. The van der Waals surface area contributed by atoms with Crippen LogP contribution in [0.3, 0.4) is 0 Å². The van der Waals surface area contributed by atoms with Crippen LogP contribution in [-0.4, -0.2) is 0 Å². The van der Waals surface area contributed by atoms with Gasteiger partial charge in [0.1, 0.15) is 0 Å². The van der Waals surface area contributed by atoms with Crippen LogP contribution in [0.1, 0.15) is 0 Å². The Morgan fingerprint density at radius 2 is 0.188 bits per heavy atom. The molecule has 0 bridgehead atoms. The fourth-order valence-electron chi connectivity index (χ4n) is 0. The summed E-state index contributed by atoms with van der Waals surface area (Å²) in [6.45, 7) is 0. The molecule has 0 N–H and O–H groups in total. The quantitative estimate of drug-likeness (QED) is 0.169. The molecule has 0 aliphatic heterocycles. The van der Waals surface area contributed by atoms with Crippen LogP contribution < -0.4 is 0 Å². The number of hydrogen-bond donors (Lipinski definition) is 0. The first-order chi connectivity index (χ1) is 0. The molecule has 0 rings (SSSR count). The normalized spacial score (nSPS) is 0. The standard InChI is InChI=1S/3Mo.10P.3Ru/q;;;10*-3;3*+4. The van der Waals surface area contributed by atoms with Crippen molar-refractivity contribution in [1.29, 1.82) is 0 Å². The molecule has 16 heavy (non-hydrogen) atoms. The van der Waals surface area contributed by atoms with Crippen molar-refractivity contribution in [2.45, 2.75) is 0 Å². The molecule has 0 nitrogen and oxygen atoms in total. The zero-order valence-corrected chi connectivity index (χ0v) is 26.9. The van der Waals surface area contributed by atoms with Gasteiger partial charge in [-0.3, -0.25) is 0 Å². The van der Waals surface area contributed by atoms with Crippen LogP contribution in [0.4, 0.5) is 0 Å². The van der Waals surface area contributed by atoms with Crippen molar-refractivity contribution in [3.8, 4) is 0 Å². The molecule has 0 aromatic heterocycles. The molecular weight excluding hydrogens is 901 g/mol. The van der Waals surface area contributed by atoms with Gasteiger partial charge in [0.2, 0.25) is 0 Å². The van der Waals surface area contributed by atoms with Crippen LogP contribution in [0.2, 0.25) is 0 Å². The molecule has 0 saturated heterocycles. The van der Waals surface area contributed by atoms with Crippen molar-refractivity contribution < 1.29 is 122 Å². The fourth-order valence-corrected chi connectivity index (χ4v) is 0. The second-order valence-electron chi connectivity index (χ2n) is 0.